The zero-order valence-corrected chi connectivity index (χ0v) is 12.3. The summed E-state index contributed by atoms with van der Waals surface area (Å²) < 4.78 is 0. The average Bonchev–Trinajstić information content (AvgIpc) is 2.37. The molecule has 0 aromatic heterocycles. The molecular formula is C15H24O5. The van der Waals surface area contributed by atoms with E-state index in [9.17, 15) is 19.2 Å². The predicted molar refractivity (Wildman–Crippen MR) is 74.3 cm³/mol. The maximum atomic E-state index is 11.5. The Labute approximate surface area is 119 Å². The molecule has 0 radical (unpaired) electrons. The van der Waals surface area contributed by atoms with Crippen LogP contribution in [-0.4, -0.2) is 34.3 Å². The van der Waals surface area contributed by atoms with Crippen molar-refractivity contribution in [2.24, 2.45) is 0 Å². The summed E-state index contributed by atoms with van der Waals surface area (Å²) in [5.41, 5.74) is 0. The first-order chi connectivity index (χ1) is 9.31. The van der Waals surface area contributed by atoms with Gasteiger partial charge >= 0.3 is 0 Å². The van der Waals surface area contributed by atoms with Gasteiger partial charge in [-0.3, -0.25) is 14.4 Å². The minimum Gasteiger partial charge on any atom is -0.393 e. The van der Waals surface area contributed by atoms with Crippen LogP contribution in [0.3, 0.4) is 0 Å². The largest absolute Gasteiger partial charge is 0.393 e. The third-order valence-corrected chi connectivity index (χ3v) is 2.96. The number of ketones is 4. The molecule has 1 unspecified atom stereocenters. The van der Waals surface area contributed by atoms with Gasteiger partial charge in [0.25, 0.3) is 0 Å². The van der Waals surface area contributed by atoms with Crippen LogP contribution in [0.1, 0.15) is 65.2 Å². The highest BCUT2D eigenvalue weighted by atomic mass is 16.3. The van der Waals surface area contributed by atoms with Crippen LogP contribution in [0.15, 0.2) is 0 Å². The van der Waals surface area contributed by atoms with Crippen LogP contribution in [0.25, 0.3) is 0 Å². The average molecular weight is 284 g/mol. The molecular weight excluding hydrogens is 260 g/mol. The van der Waals surface area contributed by atoms with Gasteiger partial charge in [0.05, 0.1) is 6.10 Å². The number of carbonyl (C=O) groups excluding carboxylic acids is 4. The van der Waals surface area contributed by atoms with Crippen molar-refractivity contribution in [1.29, 1.82) is 0 Å². The minimum absolute atomic E-state index is 0.0339. The lowest BCUT2D eigenvalue weighted by molar-refractivity contribution is -0.126. The lowest BCUT2D eigenvalue weighted by atomic mass is 10.0. The highest BCUT2D eigenvalue weighted by Crippen LogP contribution is 2.06. The van der Waals surface area contributed by atoms with E-state index in [1.54, 1.807) is 6.92 Å². The number of aliphatic hydroxyl groups excluding tert-OH is 1. The second-order valence-corrected chi connectivity index (χ2v) is 5.21. The fraction of sp³-hybridized carbons (Fsp3) is 0.733. The molecule has 5 nitrogen and oxygen atoms in total. The van der Waals surface area contributed by atoms with Crippen LogP contribution >= 0.6 is 0 Å². The van der Waals surface area contributed by atoms with E-state index in [0.717, 1.165) is 0 Å². The van der Waals surface area contributed by atoms with E-state index in [4.69, 9.17) is 5.11 Å². The molecule has 0 heterocycles. The summed E-state index contributed by atoms with van der Waals surface area (Å²) in [6.45, 7) is 3.04. The van der Waals surface area contributed by atoms with Crippen molar-refractivity contribution < 1.29 is 24.3 Å². The molecule has 1 atom stereocenters. The highest BCUT2D eigenvalue weighted by Gasteiger charge is 2.11. The smallest absolute Gasteiger partial charge is 0.133 e. The van der Waals surface area contributed by atoms with Crippen LogP contribution in [-0.2, 0) is 19.2 Å². The van der Waals surface area contributed by atoms with Crippen LogP contribution in [0.2, 0.25) is 0 Å². The highest BCUT2D eigenvalue weighted by molar-refractivity contribution is 5.90. The SMILES string of the molecule is CC(=O)CCC(=O)CCC(=O)CCC(=O)CCC(C)O. The van der Waals surface area contributed by atoms with E-state index in [2.05, 4.69) is 0 Å². The predicted octanol–water partition coefficient (Wildman–Crippen LogP) is 1.78. The minimum atomic E-state index is -0.506. The Morgan fingerprint density at radius 2 is 1.10 bits per heavy atom. The summed E-state index contributed by atoms with van der Waals surface area (Å²) in [6.07, 6.45) is 1.22. The zero-order valence-electron chi connectivity index (χ0n) is 12.3. The van der Waals surface area contributed by atoms with Gasteiger partial charge in [-0.1, -0.05) is 0 Å². The van der Waals surface area contributed by atoms with Gasteiger partial charge in [-0.25, -0.2) is 0 Å². The number of carbonyl (C=O) groups is 4. The summed E-state index contributed by atoms with van der Waals surface area (Å²) >= 11 is 0. The Kier molecular flexibility index (Phi) is 9.72. The number of aliphatic hydroxyl groups is 1. The normalized spacial score (nSPS) is 11.9. The number of hydrogen-bond acceptors (Lipinski definition) is 5. The van der Waals surface area contributed by atoms with Crippen molar-refractivity contribution in [1.82, 2.24) is 0 Å². The van der Waals surface area contributed by atoms with E-state index >= 15 is 0 Å². The Bertz CT molecular complexity index is 357. The number of rotatable bonds is 12. The van der Waals surface area contributed by atoms with Crippen molar-refractivity contribution in [3.8, 4) is 0 Å². The van der Waals surface area contributed by atoms with Gasteiger partial charge in [-0.2, -0.15) is 0 Å². The van der Waals surface area contributed by atoms with Gasteiger partial charge < -0.3 is 9.90 Å². The molecule has 0 saturated carbocycles. The van der Waals surface area contributed by atoms with Gasteiger partial charge in [0, 0.05) is 44.9 Å². The fourth-order valence-electron chi connectivity index (χ4n) is 1.62. The first kappa shape index (κ1) is 18.6. The molecule has 0 bridgehead atoms. The quantitative estimate of drug-likeness (QED) is 0.590. The van der Waals surface area contributed by atoms with Crippen molar-refractivity contribution in [3.05, 3.63) is 0 Å². The molecule has 0 fully saturated rings. The van der Waals surface area contributed by atoms with Crippen LogP contribution in [0.5, 0.6) is 0 Å². The molecule has 20 heavy (non-hydrogen) atoms. The topological polar surface area (TPSA) is 88.5 Å². The molecule has 0 amide bonds. The molecule has 0 aliphatic heterocycles. The molecule has 5 heteroatoms. The Morgan fingerprint density at radius 1 is 0.750 bits per heavy atom. The third kappa shape index (κ3) is 11.7. The monoisotopic (exact) mass is 284 g/mol. The molecule has 0 spiro atoms. The Hall–Kier alpha value is -1.36. The molecule has 0 aliphatic carbocycles. The lowest BCUT2D eigenvalue weighted by Crippen LogP contribution is -2.09. The molecule has 0 aromatic rings. The van der Waals surface area contributed by atoms with Gasteiger partial charge in [-0.05, 0) is 20.3 Å². The first-order valence-corrected chi connectivity index (χ1v) is 7.04. The van der Waals surface area contributed by atoms with E-state index in [0.29, 0.717) is 6.42 Å². The molecule has 0 saturated heterocycles. The van der Waals surface area contributed by atoms with Gasteiger partial charge in [0.2, 0.25) is 0 Å². The second kappa shape index (κ2) is 10.4. The van der Waals surface area contributed by atoms with Gasteiger partial charge in [0.1, 0.15) is 23.1 Å². The van der Waals surface area contributed by atoms with E-state index < -0.39 is 6.10 Å². The Morgan fingerprint density at radius 3 is 1.45 bits per heavy atom. The van der Waals surface area contributed by atoms with Crippen molar-refractivity contribution in [3.63, 3.8) is 0 Å². The van der Waals surface area contributed by atoms with E-state index in [1.807, 2.05) is 0 Å². The molecule has 0 rings (SSSR count). The standard InChI is InChI=1S/C15H24O5/c1-11(16)3-5-13(18)7-9-15(20)10-8-14(19)6-4-12(2)17/h11,16H,3-10H2,1-2H3. The van der Waals surface area contributed by atoms with Crippen molar-refractivity contribution in [2.45, 2.75) is 71.3 Å². The molecule has 0 aromatic carbocycles. The summed E-state index contributed by atoms with van der Waals surface area (Å²) in [7, 11) is 0. The summed E-state index contributed by atoms with van der Waals surface area (Å²) in [4.78, 5) is 45.0. The van der Waals surface area contributed by atoms with E-state index in [1.165, 1.54) is 6.92 Å². The summed E-state index contributed by atoms with van der Waals surface area (Å²) in [5, 5.41) is 9.03. The van der Waals surface area contributed by atoms with E-state index in [-0.39, 0.29) is 68.1 Å². The molecule has 0 aliphatic rings. The van der Waals surface area contributed by atoms with Crippen molar-refractivity contribution >= 4 is 23.1 Å². The summed E-state index contributed by atoms with van der Waals surface area (Å²) in [5.74, 6) is -0.268. The van der Waals surface area contributed by atoms with Crippen LogP contribution < -0.4 is 0 Å². The number of Topliss-reactive ketones (excluding diaryl/α,β-unsaturated/α-hetero) is 4. The third-order valence-electron chi connectivity index (χ3n) is 2.96. The maximum Gasteiger partial charge on any atom is 0.133 e. The molecule has 114 valence electrons. The Balaban J connectivity index is 3.70. The second-order valence-electron chi connectivity index (χ2n) is 5.21. The lowest BCUT2D eigenvalue weighted by Gasteiger charge is -2.03. The van der Waals surface area contributed by atoms with Gasteiger partial charge in [-0.15, -0.1) is 0 Å². The zero-order chi connectivity index (χ0) is 15.5. The summed E-state index contributed by atoms with van der Waals surface area (Å²) in [6, 6.07) is 0. The van der Waals surface area contributed by atoms with Gasteiger partial charge in [0.15, 0.2) is 0 Å². The maximum absolute atomic E-state index is 11.5. The number of hydrogen-bond donors (Lipinski definition) is 1. The van der Waals surface area contributed by atoms with Crippen molar-refractivity contribution in [2.75, 3.05) is 0 Å². The molecule has 1 N–H and O–H groups in total. The fourth-order valence-corrected chi connectivity index (χ4v) is 1.62. The van der Waals surface area contributed by atoms with Crippen LogP contribution in [0.4, 0.5) is 0 Å². The first-order valence-electron chi connectivity index (χ1n) is 7.04. The van der Waals surface area contributed by atoms with Crippen LogP contribution in [0, 0.1) is 0 Å².